The van der Waals surface area contributed by atoms with Crippen molar-refractivity contribution in [2.75, 3.05) is 18.6 Å². The lowest BCUT2D eigenvalue weighted by atomic mass is 9.85. The zero-order valence-electron chi connectivity index (χ0n) is 10.3. The van der Waals surface area contributed by atoms with Crippen molar-refractivity contribution in [2.45, 2.75) is 51.1 Å². The van der Waals surface area contributed by atoms with Crippen LogP contribution < -0.4 is 5.32 Å². The molecule has 1 aliphatic rings. The fourth-order valence-corrected chi connectivity index (χ4v) is 3.36. The highest BCUT2D eigenvalue weighted by Crippen LogP contribution is 2.38. The Morgan fingerprint density at radius 2 is 2.27 bits per heavy atom. The van der Waals surface area contributed by atoms with E-state index in [0.29, 0.717) is 18.6 Å². The Balaban J connectivity index is 2.59. The van der Waals surface area contributed by atoms with Gasteiger partial charge in [0.15, 0.2) is 0 Å². The summed E-state index contributed by atoms with van der Waals surface area (Å²) in [4.78, 5) is 0. The predicted octanol–water partition coefficient (Wildman–Crippen LogP) is 2.27. The molecule has 1 aliphatic carbocycles. The highest BCUT2D eigenvalue weighted by atomic mass is 32.2. The van der Waals surface area contributed by atoms with E-state index >= 15 is 0 Å². The van der Waals surface area contributed by atoms with E-state index in [2.05, 4.69) is 25.4 Å². The van der Waals surface area contributed by atoms with Gasteiger partial charge in [0.1, 0.15) is 0 Å². The molecule has 0 aliphatic heterocycles. The van der Waals surface area contributed by atoms with Gasteiger partial charge in [0.2, 0.25) is 0 Å². The molecule has 0 saturated heterocycles. The number of nitrogens with one attached hydrogen (secondary N) is 1. The van der Waals surface area contributed by atoms with Gasteiger partial charge in [0, 0.05) is 11.6 Å². The number of aliphatic hydroxyl groups is 1. The van der Waals surface area contributed by atoms with E-state index in [4.69, 9.17) is 0 Å². The van der Waals surface area contributed by atoms with Crippen molar-refractivity contribution in [3.05, 3.63) is 0 Å². The molecule has 0 aromatic carbocycles. The molecule has 0 bridgehead atoms. The quantitative estimate of drug-likeness (QED) is 0.735. The first-order valence-corrected chi connectivity index (χ1v) is 7.41. The lowest BCUT2D eigenvalue weighted by Gasteiger charge is -2.37. The van der Waals surface area contributed by atoms with E-state index in [9.17, 15) is 5.11 Å². The average molecular weight is 231 g/mol. The standard InChI is InChI=1S/C12H25NOS/c1-10(2)13-12(9-14)7-4-5-11(12)6-8-15-3/h10-11,13-14H,4-9H2,1-3H3. The van der Waals surface area contributed by atoms with Crippen LogP contribution in [0.3, 0.4) is 0 Å². The van der Waals surface area contributed by atoms with E-state index in [0.717, 1.165) is 6.42 Å². The van der Waals surface area contributed by atoms with Crippen LogP contribution in [0.15, 0.2) is 0 Å². The summed E-state index contributed by atoms with van der Waals surface area (Å²) in [5.41, 5.74) is 0.0178. The summed E-state index contributed by atoms with van der Waals surface area (Å²) in [5, 5.41) is 13.3. The average Bonchev–Trinajstić information content (AvgIpc) is 2.58. The maximum Gasteiger partial charge on any atom is 0.0616 e. The lowest BCUT2D eigenvalue weighted by molar-refractivity contribution is 0.113. The number of hydrogen-bond acceptors (Lipinski definition) is 3. The molecule has 0 spiro atoms. The monoisotopic (exact) mass is 231 g/mol. The minimum Gasteiger partial charge on any atom is -0.394 e. The second-order valence-corrected chi connectivity index (χ2v) is 5.97. The van der Waals surface area contributed by atoms with Crippen molar-refractivity contribution in [2.24, 2.45) is 5.92 Å². The normalized spacial score (nSPS) is 31.4. The van der Waals surface area contributed by atoms with Gasteiger partial charge >= 0.3 is 0 Å². The Hall–Kier alpha value is 0.270. The fraction of sp³-hybridized carbons (Fsp3) is 1.00. The van der Waals surface area contributed by atoms with Crippen molar-refractivity contribution in [1.82, 2.24) is 5.32 Å². The minimum absolute atomic E-state index is 0.0178. The largest absolute Gasteiger partial charge is 0.394 e. The first-order chi connectivity index (χ1) is 7.14. The molecule has 2 N–H and O–H groups in total. The Bertz CT molecular complexity index is 186. The Morgan fingerprint density at radius 1 is 1.53 bits per heavy atom. The molecule has 0 aromatic rings. The number of rotatable bonds is 6. The van der Waals surface area contributed by atoms with Gasteiger partial charge in [0.05, 0.1) is 6.61 Å². The van der Waals surface area contributed by atoms with Gasteiger partial charge in [-0.3, -0.25) is 0 Å². The van der Waals surface area contributed by atoms with Crippen LogP contribution in [-0.2, 0) is 0 Å². The summed E-state index contributed by atoms with van der Waals surface area (Å²) >= 11 is 1.91. The molecule has 1 saturated carbocycles. The maximum atomic E-state index is 9.67. The molecule has 15 heavy (non-hydrogen) atoms. The molecular weight excluding hydrogens is 206 g/mol. The second-order valence-electron chi connectivity index (χ2n) is 4.98. The first-order valence-electron chi connectivity index (χ1n) is 6.02. The van der Waals surface area contributed by atoms with Crippen LogP contribution >= 0.6 is 11.8 Å². The molecule has 0 heterocycles. The van der Waals surface area contributed by atoms with Crippen LogP contribution in [0.1, 0.15) is 39.5 Å². The summed E-state index contributed by atoms with van der Waals surface area (Å²) < 4.78 is 0. The zero-order valence-corrected chi connectivity index (χ0v) is 11.1. The van der Waals surface area contributed by atoms with Crippen molar-refractivity contribution in [3.63, 3.8) is 0 Å². The smallest absolute Gasteiger partial charge is 0.0616 e. The van der Waals surface area contributed by atoms with Crippen LogP contribution in [0, 0.1) is 5.92 Å². The van der Waals surface area contributed by atoms with Crippen molar-refractivity contribution >= 4 is 11.8 Å². The summed E-state index contributed by atoms with van der Waals surface area (Å²) in [6.07, 6.45) is 7.08. The van der Waals surface area contributed by atoms with Gasteiger partial charge in [-0.25, -0.2) is 0 Å². The highest BCUT2D eigenvalue weighted by Gasteiger charge is 2.41. The molecule has 2 nitrogen and oxygen atoms in total. The number of thioether (sulfide) groups is 1. The third kappa shape index (κ3) is 3.36. The van der Waals surface area contributed by atoms with Gasteiger partial charge in [-0.2, -0.15) is 11.8 Å². The molecule has 0 aromatic heterocycles. The summed E-state index contributed by atoms with van der Waals surface area (Å²) in [7, 11) is 0. The van der Waals surface area contributed by atoms with E-state index < -0.39 is 0 Å². The Labute approximate surface area is 98.2 Å². The third-order valence-electron chi connectivity index (χ3n) is 3.49. The van der Waals surface area contributed by atoms with Gasteiger partial charge in [-0.1, -0.05) is 20.3 Å². The summed E-state index contributed by atoms with van der Waals surface area (Å²) in [5.74, 6) is 1.88. The van der Waals surface area contributed by atoms with Crippen LogP contribution in [0.25, 0.3) is 0 Å². The first kappa shape index (κ1) is 13.3. The summed E-state index contributed by atoms with van der Waals surface area (Å²) in [6, 6.07) is 0.465. The van der Waals surface area contributed by atoms with Gasteiger partial charge < -0.3 is 10.4 Å². The molecule has 2 atom stereocenters. The minimum atomic E-state index is 0.0178. The molecule has 1 rings (SSSR count). The molecule has 2 unspecified atom stereocenters. The van der Waals surface area contributed by atoms with Crippen LogP contribution in [0.2, 0.25) is 0 Å². The number of aliphatic hydroxyl groups excluding tert-OH is 1. The van der Waals surface area contributed by atoms with Crippen molar-refractivity contribution in [3.8, 4) is 0 Å². The van der Waals surface area contributed by atoms with Crippen molar-refractivity contribution in [1.29, 1.82) is 0 Å². The van der Waals surface area contributed by atoms with E-state index in [1.165, 1.54) is 25.0 Å². The van der Waals surface area contributed by atoms with Crippen LogP contribution in [0.5, 0.6) is 0 Å². The van der Waals surface area contributed by atoms with E-state index in [1.54, 1.807) is 0 Å². The van der Waals surface area contributed by atoms with Crippen molar-refractivity contribution < 1.29 is 5.11 Å². The highest BCUT2D eigenvalue weighted by molar-refractivity contribution is 7.98. The van der Waals surface area contributed by atoms with E-state index in [-0.39, 0.29) is 5.54 Å². The third-order valence-corrected chi connectivity index (χ3v) is 4.13. The Kier molecular flexibility index (Phi) is 5.44. The van der Waals surface area contributed by atoms with Crippen LogP contribution in [-0.4, -0.2) is 35.3 Å². The second kappa shape index (κ2) is 6.12. The van der Waals surface area contributed by atoms with Gasteiger partial charge in [-0.05, 0) is 37.2 Å². The Morgan fingerprint density at radius 3 is 2.80 bits per heavy atom. The SMILES string of the molecule is CSCCC1CCCC1(CO)NC(C)C. The molecule has 0 amide bonds. The predicted molar refractivity (Wildman–Crippen MR) is 68.4 cm³/mol. The maximum absolute atomic E-state index is 9.67. The number of hydrogen-bond donors (Lipinski definition) is 2. The molecular formula is C12H25NOS. The summed E-state index contributed by atoms with van der Waals surface area (Å²) in [6.45, 7) is 4.63. The van der Waals surface area contributed by atoms with Crippen LogP contribution in [0.4, 0.5) is 0 Å². The molecule has 0 radical (unpaired) electrons. The molecule has 3 heteroatoms. The van der Waals surface area contributed by atoms with Gasteiger partial charge in [0.25, 0.3) is 0 Å². The zero-order chi connectivity index (χ0) is 11.3. The topological polar surface area (TPSA) is 32.3 Å². The molecule has 90 valence electrons. The molecule has 1 fully saturated rings. The lowest BCUT2D eigenvalue weighted by Crippen LogP contribution is -2.54. The fourth-order valence-electron chi connectivity index (χ4n) is 2.84. The van der Waals surface area contributed by atoms with E-state index in [1.807, 2.05) is 11.8 Å². The van der Waals surface area contributed by atoms with Gasteiger partial charge in [-0.15, -0.1) is 0 Å².